The summed E-state index contributed by atoms with van der Waals surface area (Å²) in [7, 11) is 0. The van der Waals surface area contributed by atoms with Crippen LogP contribution >= 0.6 is 34.5 Å². The molecule has 1 nitrogen and oxygen atoms in total. The molecule has 0 saturated carbocycles. The maximum atomic E-state index is 10.3. The Morgan fingerprint density at radius 1 is 1.12 bits per heavy atom. The number of hydrogen-bond donors (Lipinski definition) is 1. The fourth-order valence-electron chi connectivity index (χ4n) is 1.74. The highest BCUT2D eigenvalue weighted by atomic mass is 35.5. The first-order chi connectivity index (χ1) is 8.00. The van der Waals surface area contributed by atoms with Gasteiger partial charge in [-0.25, -0.2) is 0 Å². The Hall–Kier alpha value is -0.540. The molecule has 0 spiro atoms. The largest absolute Gasteiger partial charge is 0.383 e. The molecule has 2 rings (SSSR count). The minimum atomic E-state index is -0.682. The van der Waals surface area contributed by atoms with E-state index in [9.17, 15) is 5.11 Å². The molecule has 17 heavy (non-hydrogen) atoms. The molecule has 0 bridgehead atoms. The van der Waals surface area contributed by atoms with E-state index in [0.717, 1.165) is 26.6 Å². The van der Waals surface area contributed by atoms with Gasteiger partial charge < -0.3 is 5.11 Å². The Balaban J connectivity index is 2.48. The normalized spacial score (nSPS) is 12.8. The third-order valence-corrected chi connectivity index (χ3v) is 4.55. The van der Waals surface area contributed by atoms with Gasteiger partial charge in [-0.15, -0.1) is 11.3 Å². The van der Waals surface area contributed by atoms with Crippen LogP contribution in [-0.4, -0.2) is 5.11 Å². The predicted molar refractivity (Wildman–Crippen MR) is 74.3 cm³/mol. The Bertz CT molecular complexity index is 548. The third-order valence-electron chi connectivity index (χ3n) is 2.73. The molecule has 1 aromatic carbocycles. The van der Waals surface area contributed by atoms with Gasteiger partial charge in [-0.1, -0.05) is 29.3 Å². The Labute approximate surface area is 115 Å². The molecule has 1 aromatic heterocycles. The van der Waals surface area contributed by atoms with E-state index in [1.54, 1.807) is 6.07 Å². The van der Waals surface area contributed by atoms with E-state index in [0.29, 0.717) is 5.02 Å². The van der Waals surface area contributed by atoms with Crippen LogP contribution in [0.2, 0.25) is 10.0 Å². The lowest BCUT2D eigenvalue weighted by Crippen LogP contribution is -2.01. The summed E-state index contributed by atoms with van der Waals surface area (Å²) in [5.41, 5.74) is 2.79. The summed E-state index contributed by atoms with van der Waals surface area (Å²) in [6.07, 6.45) is -0.682. The minimum Gasteiger partial charge on any atom is -0.383 e. The van der Waals surface area contributed by atoms with Crippen LogP contribution in [0.1, 0.15) is 27.7 Å². The molecular formula is C13H12Cl2OS. The van der Waals surface area contributed by atoms with Crippen molar-refractivity contribution >= 4 is 34.5 Å². The van der Waals surface area contributed by atoms with E-state index >= 15 is 0 Å². The lowest BCUT2D eigenvalue weighted by molar-refractivity contribution is 0.223. The zero-order valence-corrected chi connectivity index (χ0v) is 11.8. The number of benzene rings is 1. The SMILES string of the molecule is Cc1cc(C(O)c2sccc2Cl)c(C)cc1Cl. The van der Waals surface area contributed by atoms with Crippen LogP contribution in [0.5, 0.6) is 0 Å². The number of aryl methyl sites for hydroxylation is 2. The average Bonchev–Trinajstić information content (AvgIpc) is 2.69. The number of aliphatic hydroxyl groups excluding tert-OH is 1. The van der Waals surface area contributed by atoms with Crippen LogP contribution in [0.4, 0.5) is 0 Å². The number of aliphatic hydroxyl groups is 1. The van der Waals surface area contributed by atoms with Gasteiger partial charge in [0.1, 0.15) is 6.10 Å². The molecule has 90 valence electrons. The summed E-state index contributed by atoms with van der Waals surface area (Å²) in [6.45, 7) is 3.86. The number of hydrogen-bond acceptors (Lipinski definition) is 2. The average molecular weight is 287 g/mol. The molecule has 1 unspecified atom stereocenters. The maximum absolute atomic E-state index is 10.3. The van der Waals surface area contributed by atoms with Gasteiger partial charge in [0.15, 0.2) is 0 Å². The van der Waals surface area contributed by atoms with Gasteiger partial charge in [0.05, 0.1) is 9.90 Å². The Kier molecular flexibility index (Phi) is 3.79. The van der Waals surface area contributed by atoms with Crippen molar-refractivity contribution in [3.8, 4) is 0 Å². The van der Waals surface area contributed by atoms with Gasteiger partial charge in [0.2, 0.25) is 0 Å². The Morgan fingerprint density at radius 3 is 2.41 bits per heavy atom. The van der Waals surface area contributed by atoms with Gasteiger partial charge in [-0.2, -0.15) is 0 Å². The molecule has 1 N–H and O–H groups in total. The van der Waals surface area contributed by atoms with E-state index in [2.05, 4.69) is 0 Å². The molecule has 2 aromatic rings. The predicted octanol–water partition coefficient (Wildman–Crippen LogP) is 4.75. The third kappa shape index (κ3) is 2.50. The second kappa shape index (κ2) is 4.99. The fraction of sp³-hybridized carbons (Fsp3) is 0.231. The molecule has 0 saturated heterocycles. The number of halogens is 2. The highest BCUT2D eigenvalue weighted by Crippen LogP contribution is 2.35. The van der Waals surface area contributed by atoms with E-state index < -0.39 is 6.10 Å². The molecule has 0 aliphatic carbocycles. The van der Waals surface area contributed by atoms with E-state index in [1.807, 2.05) is 31.4 Å². The smallest absolute Gasteiger partial charge is 0.115 e. The summed E-state index contributed by atoms with van der Waals surface area (Å²) in [5.74, 6) is 0. The molecule has 0 aliphatic heterocycles. The second-order valence-electron chi connectivity index (χ2n) is 3.99. The van der Waals surface area contributed by atoms with Crippen LogP contribution in [0.3, 0.4) is 0 Å². The molecular weight excluding hydrogens is 275 g/mol. The molecule has 1 atom stereocenters. The van der Waals surface area contributed by atoms with Gasteiger partial charge in [0, 0.05) is 5.02 Å². The summed E-state index contributed by atoms with van der Waals surface area (Å²) in [4.78, 5) is 0.775. The monoisotopic (exact) mass is 286 g/mol. The van der Waals surface area contributed by atoms with E-state index in [1.165, 1.54) is 11.3 Å². The van der Waals surface area contributed by atoms with Crippen LogP contribution < -0.4 is 0 Å². The summed E-state index contributed by atoms with van der Waals surface area (Å²) >= 11 is 13.5. The molecule has 0 radical (unpaired) electrons. The molecule has 0 amide bonds. The van der Waals surface area contributed by atoms with Crippen molar-refractivity contribution in [2.75, 3.05) is 0 Å². The summed E-state index contributed by atoms with van der Waals surface area (Å²) in [6, 6.07) is 5.58. The number of thiophene rings is 1. The zero-order valence-electron chi connectivity index (χ0n) is 9.50. The molecule has 0 aliphatic rings. The minimum absolute atomic E-state index is 0.606. The first-order valence-corrected chi connectivity index (χ1v) is 6.82. The van der Waals surface area contributed by atoms with Crippen molar-refractivity contribution in [3.63, 3.8) is 0 Å². The number of rotatable bonds is 2. The van der Waals surface area contributed by atoms with Crippen molar-refractivity contribution < 1.29 is 5.11 Å². The van der Waals surface area contributed by atoms with Gasteiger partial charge in [0.25, 0.3) is 0 Å². The highest BCUT2D eigenvalue weighted by molar-refractivity contribution is 7.10. The first kappa shape index (κ1) is 12.9. The quantitative estimate of drug-likeness (QED) is 0.844. The Morgan fingerprint density at radius 2 is 1.82 bits per heavy atom. The van der Waals surface area contributed by atoms with Crippen molar-refractivity contribution in [2.24, 2.45) is 0 Å². The molecule has 4 heteroatoms. The summed E-state index contributed by atoms with van der Waals surface area (Å²) in [5, 5.41) is 13.5. The van der Waals surface area contributed by atoms with Gasteiger partial charge in [-0.3, -0.25) is 0 Å². The summed E-state index contributed by atoms with van der Waals surface area (Å²) < 4.78 is 0. The second-order valence-corrected chi connectivity index (χ2v) is 5.76. The van der Waals surface area contributed by atoms with Crippen molar-refractivity contribution in [1.82, 2.24) is 0 Å². The van der Waals surface area contributed by atoms with Crippen molar-refractivity contribution in [2.45, 2.75) is 20.0 Å². The lowest BCUT2D eigenvalue weighted by Gasteiger charge is -2.14. The van der Waals surface area contributed by atoms with E-state index in [-0.39, 0.29) is 0 Å². The van der Waals surface area contributed by atoms with Gasteiger partial charge in [-0.05, 0) is 48.1 Å². The first-order valence-electron chi connectivity index (χ1n) is 5.18. The highest BCUT2D eigenvalue weighted by Gasteiger charge is 2.18. The molecule has 1 heterocycles. The van der Waals surface area contributed by atoms with Gasteiger partial charge >= 0.3 is 0 Å². The van der Waals surface area contributed by atoms with Crippen LogP contribution in [0.25, 0.3) is 0 Å². The lowest BCUT2D eigenvalue weighted by atomic mass is 10.00. The zero-order chi connectivity index (χ0) is 12.6. The van der Waals surface area contributed by atoms with Crippen LogP contribution in [0.15, 0.2) is 23.6 Å². The maximum Gasteiger partial charge on any atom is 0.115 e. The topological polar surface area (TPSA) is 20.2 Å². The fourth-order valence-corrected chi connectivity index (χ4v) is 3.12. The van der Waals surface area contributed by atoms with E-state index in [4.69, 9.17) is 23.2 Å². The standard InChI is InChI=1S/C13H12Cl2OS/c1-7-6-11(15)8(2)5-9(7)12(16)13-10(14)3-4-17-13/h3-6,12,16H,1-2H3. The van der Waals surface area contributed by atoms with Crippen molar-refractivity contribution in [3.05, 3.63) is 55.2 Å². The van der Waals surface area contributed by atoms with Crippen LogP contribution in [-0.2, 0) is 0 Å². The van der Waals surface area contributed by atoms with Crippen LogP contribution in [0, 0.1) is 13.8 Å². The van der Waals surface area contributed by atoms with Crippen molar-refractivity contribution in [1.29, 1.82) is 0 Å². The molecule has 0 fully saturated rings.